The monoisotopic (exact) mass is 305 g/mol. The van der Waals surface area contributed by atoms with Gasteiger partial charge in [0.05, 0.1) is 23.5 Å². The van der Waals surface area contributed by atoms with E-state index in [1.807, 2.05) is 22.4 Å². The van der Waals surface area contributed by atoms with Crippen LogP contribution in [-0.2, 0) is 10.2 Å². The standard InChI is InChI=1S/C14H15N3O3S/c1-9-15-13(20-16-9)14-7-17(5-10(14)6-19-8-14)12(18)11-3-2-4-21-11/h2-4,10H,5-8H2,1H3/t10-,14-/m1/s1. The number of thiophene rings is 1. The first-order chi connectivity index (χ1) is 10.2. The predicted molar refractivity (Wildman–Crippen MR) is 75.2 cm³/mol. The Bertz CT molecular complexity index is 669. The highest BCUT2D eigenvalue weighted by atomic mass is 32.1. The van der Waals surface area contributed by atoms with Crippen molar-refractivity contribution in [2.45, 2.75) is 12.3 Å². The molecule has 110 valence electrons. The Morgan fingerprint density at radius 2 is 2.48 bits per heavy atom. The molecule has 2 aromatic heterocycles. The van der Waals surface area contributed by atoms with Crippen LogP contribution in [0.15, 0.2) is 22.0 Å². The quantitative estimate of drug-likeness (QED) is 0.840. The highest BCUT2D eigenvalue weighted by Crippen LogP contribution is 2.43. The molecule has 0 radical (unpaired) electrons. The number of hydrogen-bond acceptors (Lipinski definition) is 6. The van der Waals surface area contributed by atoms with Crippen LogP contribution in [0, 0.1) is 12.8 Å². The van der Waals surface area contributed by atoms with Crippen LogP contribution in [0.4, 0.5) is 0 Å². The zero-order valence-electron chi connectivity index (χ0n) is 11.6. The molecule has 2 aromatic rings. The van der Waals surface area contributed by atoms with Gasteiger partial charge in [0, 0.05) is 19.0 Å². The fourth-order valence-corrected chi connectivity index (χ4v) is 3.94. The van der Waals surface area contributed by atoms with Crippen molar-refractivity contribution in [2.75, 3.05) is 26.3 Å². The van der Waals surface area contributed by atoms with Crippen LogP contribution in [0.5, 0.6) is 0 Å². The van der Waals surface area contributed by atoms with Gasteiger partial charge < -0.3 is 14.2 Å². The van der Waals surface area contributed by atoms with E-state index < -0.39 is 0 Å². The average Bonchev–Trinajstić information content (AvgIpc) is 3.21. The van der Waals surface area contributed by atoms with E-state index in [2.05, 4.69) is 10.1 Å². The van der Waals surface area contributed by atoms with Crippen molar-refractivity contribution in [1.82, 2.24) is 15.0 Å². The molecule has 0 saturated carbocycles. The molecule has 0 aliphatic carbocycles. The second kappa shape index (κ2) is 4.64. The van der Waals surface area contributed by atoms with Crippen LogP contribution >= 0.6 is 11.3 Å². The highest BCUT2D eigenvalue weighted by Gasteiger charge is 2.56. The van der Waals surface area contributed by atoms with Gasteiger partial charge in [-0.3, -0.25) is 4.79 Å². The third-order valence-corrected chi connectivity index (χ3v) is 5.20. The minimum absolute atomic E-state index is 0.0787. The number of likely N-dealkylation sites (tertiary alicyclic amines) is 1. The normalized spacial score (nSPS) is 28.0. The van der Waals surface area contributed by atoms with E-state index >= 15 is 0 Å². The minimum Gasteiger partial charge on any atom is -0.380 e. The summed E-state index contributed by atoms with van der Waals surface area (Å²) in [4.78, 5) is 19.6. The van der Waals surface area contributed by atoms with Crippen molar-refractivity contribution >= 4 is 17.2 Å². The fraction of sp³-hybridized carbons (Fsp3) is 0.500. The maximum absolute atomic E-state index is 12.5. The van der Waals surface area contributed by atoms with Gasteiger partial charge in [-0.05, 0) is 18.4 Å². The molecule has 4 rings (SSSR count). The molecule has 2 atom stereocenters. The predicted octanol–water partition coefficient (Wildman–Crippen LogP) is 1.48. The van der Waals surface area contributed by atoms with Gasteiger partial charge in [-0.25, -0.2) is 0 Å². The molecule has 7 heteroatoms. The van der Waals surface area contributed by atoms with Crippen molar-refractivity contribution in [3.63, 3.8) is 0 Å². The summed E-state index contributed by atoms with van der Waals surface area (Å²) < 4.78 is 11.0. The van der Waals surface area contributed by atoms with Gasteiger partial charge in [0.25, 0.3) is 5.91 Å². The number of fused-ring (bicyclic) bond motifs is 1. The Morgan fingerprint density at radius 3 is 3.19 bits per heavy atom. The molecule has 1 amide bonds. The number of hydrogen-bond donors (Lipinski definition) is 0. The number of rotatable bonds is 2. The summed E-state index contributed by atoms with van der Waals surface area (Å²) in [5.74, 6) is 1.52. The second-order valence-corrected chi connectivity index (χ2v) is 6.63. The third-order valence-electron chi connectivity index (χ3n) is 4.35. The summed E-state index contributed by atoms with van der Waals surface area (Å²) in [5.41, 5.74) is -0.339. The third kappa shape index (κ3) is 1.91. The zero-order valence-corrected chi connectivity index (χ0v) is 12.4. The van der Waals surface area contributed by atoms with E-state index in [4.69, 9.17) is 9.26 Å². The Kier molecular flexibility index (Phi) is 2.87. The number of nitrogens with zero attached hydrogens (tertiary/aromatic N) is 3. The number of aryl methyl sites for hydroxylation is 1. The molecule has 21 heavy (non-hydrogen) atoms. The second-order valence-electron chi connectivity index (χ2n) is 5.68. The maximum atomic E-state index is 12.5. The highest BCUT2D eigenvalue weighted by molar-refractivity contribution is 7.12. The SMILES string of the molecule is Cc1noc([C@]23COC[C@H]2CN(C(=O)c2cccs2)C3)n1. The summed E-state index contributed by atoms with van der Waals surface area (Å²) in [6, 6.07) is 3.76. The van der Waals surface area contributed by atoms with E-state index in [9.17, 15) is 4.79 Å². The van der Waals surface area contributed by atoms with Gasteiger partial charge in [-0.1, -0.05) is 11.2 Å². The lowest BCUT2D eigenvalue weighted by molar-refractivity contribution is 0.0741. The molecule has 0 unspecified atom stereocenters. The minimum atomic E-state index is -0.339. The number of amides is 1. The van der Waals surface area contributed by atoms with Crippen molar-refractivity contribution in [1.29, 1.82) is 0 Å². The van der Waals surface area contributed by atoms with Crippen LogP contribution in [0.3, 0.4) is 0 Å². The van der Waals surface area contributed by atoms with Crippen LogP contribution in [0.2, 0.25) is 0 Å². The van der Waals surface area contributed by atoms with Gasteiger partial charge >= 0.3 is 0 Å². The van der Waals surface area contributed by atoms with E-state index in [1.165, 1.54) is 11.3 Å². The molecule has 0 N–H and O–H groups in total. The summed E-state index contributed by atoms with van der Waals surface area (Å²) >= 11 is 1.47. The van der Waals surface area contributed by atoms with Gasteiger partial charge in [0.1, 0.15) is 0 Å². The van der Waals surface area contributed by atoms with Gasteiger partial charge in [0.15, 0.2) is 5.82 Å². The molecule has 2 aliphatic rings. The molecule has 2 fully saturated rings. The van der Waals surface area contributed by atoms with E-state index in [1.54, 1.807) is 6.92 Å². The van der Waals surface area contributed by atoms with Crippen molar-refractivity contribution < 1.29 is 14.1 Å². The summed E-state index contributed by atoms with van der Waals surface area (Å²) in [6.45, 7) is 4.23. The lowest BCUT2D eigenvalue weighted by atomic mass is 9.81. The molecular weight excluding hydrogens is 290 g/mol. The van der Waals surface area contributed by atoms with E-state index in [0.717, 1.165) is 4.88 Å². The molecule has 0 bridgehead atoms. The smallest absolute Gasteiger partial charge is 0.263 e. The Balaban J connectivity index is 1.65. The molecule has 2 aliphatic heterocycles. The van der Waals surface area contributed by atoms with Crippen LogP contribution in [0.1, 0.15) is 21.4 Å². The molecule has 0 spiro atoms. The van der Waals surface area contributed by atoms with Gasteiger partial charge in [0.2, 0.25) is 5.89 Å². The summed E-state index contributed by atoms with van der Waals surface area (Å²) in [7, 11) is 0. The maximum Gasteiger partial charge on any atom is 0.263 e. The molecule has 4 heterocycles. The molecule has 0 aromatic carbocycles. The Morgan fingerprint density at radius 1 is 1.57 bits per heavy atom. The van der Waals surface area contributed by atoms with Crippen molar-refractivity contribution in [3.8, 4) is 0 Å². The van der Waals surface area contributed by atoms with Gasteiger partial charge in [-0.2, -0.15) is 4.98 Å². The fourth-order valence-electron chi connectivity index (χ4n) is 3.25. The lowest BCUT2D eigenvalue weighted by Gasteiger charge is -2.22. The topological polar surface area (TPSA) is 68.5 Å². The van der Waals surface area contributed by atoms with E-state index in [0.29, 0.717) is 38.0 Å². The van der Waals surface area contributed by atoms with Crippen LogP contribution < -0.4 is 0 Å². The van der Waals surface area contributed by atoms with Crippen LogP contribution in [0.25, 0.3) is 0 Å². The van der Waals surface area contributed by atoms with Gasteiger partial charge in [-0.15, -0.1) is 11.3 Å². The summed E-state index contributed by atoms with van der Waals surface area (Å²) in [5, 5.41) is 5.81. The first kappa shape index (κ1) is 13.0. The van der Waals surface area contributed by atoms with E-state index in [-0.39, 0.29) is 17.2 Å². The molecular formula is C14H15N3O3S. The Labute approximate surface area is 125 Å². The Hall–Kier alpha value is -1.73. The number of ether oxygens (including phenoxy) is 1. The molecule has 6 nitrogen and oxygen atoms in total. The zero-order chi connectivity index (χ0) is 14.4. The first-order valence-electron chi connectivity index (χ1n) is 6.90. The van der Waals surface area contributed by atoms with Crippen LogP contribution in [-0.4, -0.2) is 47.3 Å². The number of aromatic nitrogens is 2. The first-order valence-corrected chi connectivity index (χ1v) is 7.78. The molecule has 2 saturated heterocycles. The van der Waals surface area contributed by atoms with Crippen molar-refractivity contribution in [3.05, 3.63) is 34.1 Å². The lowest BCUT2D eigenvalue weighted by Crippen LogP contribution is -2.37. The largest absolute Gasteiger partial charge is 0.380 e. The number of carbonyl (C=O) groups excluding carboxylic acids is 1. The average molecular weight is 305 g/mol. The summed E-state index contributed by atoms with van der Waals surface area (Å²) in [6.07, 6.45) is 0. The number of carbonyl (C=O) groups is 1. The van der Waals surface area contributed by atoms with Crippen molar-refractivity contribution in [2.24, 2.45) is 5.92 Å².